The van der Waals surface area contributed by atoms with E-state index < -0.39 is 10.8 Å². The average molecular weight is 344 g/mol. The lowest BCUT2D eigenvalue weighted by Crippen LogP contribution is -2.33. The number of anilines is 1. The van der Waals surface area contributed by atoms with E-state index in [2.05, 4.69) is 10.5 Å². The molecule has 0 unspecified atom stereocenters. The van der Waals surface area contributed by atoms with Crippen LogP contribution in [0, 0.1) is 17.0 Å². The highest BCUT2D eigenvalue weighted by molar-refractivity contribution is 5.97. The number of amides is 2. The molecule has 25 heavy (non-hydrogen) atoms. The number of rotatable bonds is 6. The standard InChI is InChI=1S/C16H16N4O5/c1-11-9-14(18-25-11)17-15(21)10-19(2)16(22)8-5-12-3-6-13(7-4-12)20(23)24/h3-9H,10H2,1-2H3,(H,17,18,21)/b8-5+. The van der Waals surface area contributed by atoms with E-state index in [-0.39, 0.29) is 24.0 Å². The average Bonchev–Trinajstić information content (AvgIpc) is 2.97. The van der Waals surface area contributed by atoms with Crippen molar-refractivity contribution in [3.63, 3.8) is 0 Å². The summed E-state index contributed by atoms with van der Waals surface area (Å²) in [4.78, 5) is 35.1. The molecule has 0 aliphatic heterocycles. The van der Waals surface area contributed by atoms with Gasteiger partial charge in [-0.2, -0.15) is 0 Å². The van der Waals surface area contributed by atoms with Crippen LogP contribution >= 0.6 is 0 Å². The van der Waals surface area contributed by atoms with Crippen molar-refractivity contribution in [1.82, 2.24) is 10.1 Å². The van der Waals surface area contributed by atoms with Crippen molar-refractivity contribution in [3.8, 4) is 0 Å². The van der Waals surface area contributed by atoms with Gasteiger partial charge >= 0.3 is 0 Å². The molecule has 2 aromatic rings. The van der Waals surface area contributed by atoms with Gasteiger partial charge in [0.1, 0.15) is 5.76 Å². The van der Waals surface area contributed by atoms with Crippen LogP contribution in [0.2, 0.25) is 0 Å². The van der Waals surface area contributed by atoms with Crippen LogP contribution in [0.1, 0.15) is 11.3 Å². The summed E-state index contributed by atoms with van der Waals surface area (Å²) in [5.41, 5.74) is 0.607. The second-order valence-electron chi connectivity index (χ2n) is 5.25. The Morgan fingerprint density at radius 3 is 2.60 bits per heavy atom. The zero-order valence-electron chi connectivity index (χ0n) is 13.6. The van der Waals surface area contributed by atoms with E-state index >= 15 is 0 Å². The number of nitrogens with one attached hydrogen (secondary N) is 1. The largest absolute Gasteiger partial charge is 0.360 e. The summed E-state index contributed by atoms with van der Waals surface area (Å²) in [7, 11) is 1.48. The molecule has 0 bridgehead atoms. The molecule has 2 amide bonds. The van der Waals surface area contributed by atoms with Crippen molar-refractivity contribution >= 4 is 29.4 Å². The Hall–Kier alpha value is -3.49. The van der Waals surface area contributed by atoms with Gasteiger partial charge < -0.3 is 14.7 Å². The van der Waals surface area contributed by atoms with Gasteiger partial charge in [0.25, 0.3) is 5.69 Å². The summed E-state index contributed by atoms with van der Waals surface area (Å²) >= 11 is 0. The summed E-state index contributed by atoms with van der Waals surface area (Å²) in [6.45, 7) is 1.54. The molecular formula is C16H16N4O5. The minimum absolute atomic E-state index is 0.0274. The molecule has 9 heteroatoms. The Labute approximate surface area is 143 Å². The highest BCUT2D eigenvalue weighted by atomic mass is 16.6. The quantitative estimate of drug-likeness (QED) is 0.486. The van der Waals surface area contributed by atoms with Crippen LogP contribution in [-0.4, -0.2) is 40.4 Å². The molecule has 2 rings (SSSR count). The molecule has 0 saturated carbocycles. The number of carbonyl (C=O) groups is 2. The Balaban J connectivity index is 1.88. The molecule has 9 nitrogen and oxygen atoms in total. The van der Waals surface area contributed by atoms with E-state index in [0.717, 1.165) is 0 Å². The number of carbonyl (C=O) groups excluding carboxylic acids is 2. The molecular weight excluding hydrogens is 328 g/mol. The first kappa shape index (κ1) is 17.9. The first-order valence-corrected chi connectivity index (χ1v) is 7.26. The van der Waals surface area contributed by atoms with E-state index in [1.807, 2.05) is 0 Å². The number of nitrogens with zero attached hydrogens (tertiary/aromatic N) is 3. The smallest absolute Gasteiger partial charge is 0.269 e. The number of hydrogen-bond acceptors (Lipinski definition) is 6. The Morgan fingerprint density at radius 2 is 2.04 bits per heavy atom. The van der Waals surface area contributed by atoms with Crippen LogP contribution in [0.4, 0.5) is 11.5 Å². The monoisotopic (exact) mass is 344 g/mol. The van der Waals surface area contributed by atoms with E-state index in [4.69, 9.17) is 4.52 Å². The van der Waals surface area contributed by atoms with Crippen LogP contribution < -0.4 is 5.32 Å². The molecule has 0 aliphatic rings. The Bertz CT molecular complexity index is 810. The van der Waals surface area contributed by atoms with Crippen molar-refractivity contribution in [2.75, 3.05) is 18.9 Å². The zero-order chi connectivity index (χ0) is 18.4. The maximum Gasteiger partial charge on any atom is 0.269 e. The van der Waals surface area contributed by atoms with Crippen molar-refractivity contribution < 1.29 is 19.0 Å². The molecule has 1 aromatic carbocycles. The molecule has 1 heterocycles. The fraction of sp³-hybridized carbons (Fsp3) is 0.188. The fourth-order valence-corrected chi connectivity index (χ4v) is 1.90. The minimum atomic E-state index is -0.499. The lowest BCUT2D eigenvalue weighted by Gasteiger charge is -2.13. The number of benzene rings is 1. The van der Waals surface area contributed by atoms with E-state index in [9.17, 15) is 19.7 Å². The summed E-state index contributed by atoms with van der Waals surface area (Å²) in [5.74, 6) is 0.0493. The van der Waals surface area contributed by atoms with Crippen LogP contribution in [-0.2, 0) is 9.59 Å². The molecule has 0 radical (unpaired) electrons. The summed E-state index contributed by atoms with van der Waals surface area (Å²) in [5, 5.41) is 16.7. The van der Waals surface area contributed by atoms with Gasteiger partial charge in [0.05, 0.1) is 11.5 Å². The van der Waals surface area contributed by atoms with Gasteiger partial charge in [-0.3, -0.25) is 19.7 Å². The van der Waals surface area contributed by atoms with Crippen LogP contribution in [0.3, 0.4) is 0 Å². The minimum Gasteiger partial charge on any atom is -0.360 e. The number of nitro groups is 1. The number of nitro benzene ring substituents is 1. The van der Waals surface area contributed by atoms with Crippen molar-refractivity contribution in [1.29, 1.82) is 0 Å². The molecule has 0 spiro atoms. The highest BCUT2D eigenvalue weighted by Gasteiger charge is 2.12. The molecule has 1 aromatic heterocycles. The first-order chi connectivity index (χ1) is 11.8. The number of aryl methyl sites for hydroxylation is 1. The van der Waals surface area contributed by atoms with E-state index in [1.165, 1.54) is 48.4 Å². The molecule has 0 saturated heterocycles. The Morgan fingerprint density at radius 1 is 1.36 bits per heavy atom. The summed E-state index contributed by atoms with van der Waals surface area (Å²) in [6.07, 6.45) is 2.80. The van der Waals surface area contributed by atoms with Crippen LogP contribution in [0.5, 0.6) is 0 Å². The van der Waals surface area contributed by atoms with Gasteiger partial charge in [-0.05, 0) is 30.7 Å². The van der Waals surface area contributed by atoms with Gasteiger partial charge in [-0.1, -0.05) is 5.16 Å². The van der Waals surface area contributed by atoms with Gasteiger partial charge in [-0.15, -0.1) is 0 Å². The highest BCUT2D eigenvalue weighted by Crippen LogP contribution is 2.13. The fourth-order valence-electron chi connectivity index (χ4n) is 1.90. The molecule has 0 aliphatic carbocycles. The molecule has 0 fully saturated rings. The molecule has 0 atom stereocenters. The van der Waals surface area contributed by atoms with Crippen LogP contribution in [0.25, 0.3) is 6.08 Å². The lowest BCUT2D eigenvalue weighted by atomic mass is 10.2. The third kappa shape index (κ3) is 5.27. The van der Waals surface area contributed by atoms with Gasteiger partial charge in [0.15, 0.2) is 5.82 Å². The van der Waals surface area contributed by atoms with Gasteiger partial charge in [-0.25, -0.2) is 0 Å². The third-order valence-electron chi connectivity index (χ3n) is 3.17. The molecule has 1 N–H and O–H groups in total. The van der Waals surface area contributed by atoms with E-state index in [1.54, 1.807) is 13.0 Å². The third-order valence-corrected chi connectivity index (χ3v) is 3.17. The lowest BCUT2D eigenvalue weighted by molar-refractivity contribution is -0.384. The van der Waals surface area contributed by atoms with E-state index in [0.29, 0.717) is 11.3 Å². The van der Waals surface area contributed by atoms with Gasteiger partial charge in [0, 0.05) is 31.3 Å². The maximum absolute atomic E-state index is 12.0. The van der Waals surface area contributed by atoms with Crippen LogP contribution in [0.15, 0.2) is 40.9 Å². The van der Waals surface area contributed by atoms with Crippen molar-refractivity contribution in [2.45, 2.75) is 6.92 Å². The van der Waals surface area contributed by atoms with Crippen molar-refractivity contribution in [2.24, 2.45) is 0 Å². The predicted octanol–water partition coefficient (Wildman–Crippen LogP) is 2.00. The van der Waals surface area contributed by atoms with Gasteiger partial charge in [0.2, 0.25) is 11.8 Å². The van der Waals surface area contributed by atoms with Crippen molar-refractivity contribution in [3.05, 3.63) is 57.8 Å². The molecule has 130 valence electrons. The number of likely N-dealkylation sites (N-methyl/N-ethyl adjacent to an activating group) is 1. The Kier molecular flexibility index (Phi) is 5.62. The number of non-ortho nitro benzene ring substituents is 1. The zero-order valence-corrected chi connectivity index (χ0v) is 13.6. The first-order valence-electron chi connectivity index (χ1n) is 7.26. The SMILES string of the molecule is Cc1cc(NC(=O)CN(C)C(=O)/C=C/c2ccc([N+](=O)[O-])cc2)no1. The number of hydrogen-bond donors (Lipinski definition) is 1. The maximum atomic E-state index is 12.0. The predicted molar refractivity (Wildman–Crippen MR) is 89.6 cm³/mol. The summed E-state index contributed by atoms with van der Waals surface area (Å²) in [6, 6.07) is 7.32. The summed E-state index contributed by atoms with van der Waals surface area (Å²) < 4.78 is 4.83. The second-order valence-corrected chi connectivity index (χ2v) is 5.25. The normalized spacial score (nSPS) is 10.6. The number of aromatic nitrogens is 1. The topological polar surface area (TPSA) is 119 Å². The second kappa shape index (κ2) is 7.86.